The number of rotatable bonds is 3. The number of ether oxygens (including phenoxy) is 1. The van der Waals surface area contributed by atoms with Crippen molar-refractivity contribution in [2.24, 2.45) is 0 Å². The molecule has 0 atom stereocenters. The Morgan fingerprint density at radius 2 is 2.10 bits per heavy atom. The summed E-state index contributed by atoms with van der Waals surface area (Å²) in [7, 11) is 0. The van der Waals surface area contributed by atoms with Gasteiger partial charge in [0.1, 0.15) is 0 Å². The maximum Gasteiger partial charge on any atom is 0.221 e. The molecule has 1 fully saturated rings. The van der Waals surface area contributed by atoms with Gasteiger partial charge < -0.3 is 10.1 Å². The number of nitrogens with one attached hydrogen (secondary N) is 1. The Kier molecular flexibility index (Phi) is 4.13. The second-order valence-electron chi connectivity index (χ2n) is 5.28. The molecule has 3 rings (SSSR count). The number of hydrogen-bond acceptors (Lipinski definition) is 4. The third-order valence-corrected chi connectivity index (χ3v) is 3.56. The van der Waals surface area contributed by atoms with E-state index in [1.807, 2.05) is 18.2 Å². The average Bonchev–Trinajstić information content (AvgIpc) is 2.48. The number of anilines is 1. The van der Waals surface area contributed by atoms with Crippen LogP contribution in [0.4, 0.5) is 5.69 Å². The zero-order chi connectivity index (χ0) is 14.7. The van der Waals surface area contributed by atoms with E-state index in [2.05, 4.69) is 22.3 Å². The number of morpholine rings is 1. The number of nitrogens with zero attached hydrogens (tertiary/aromatic N) is 2. The third-order valence-electron chi connectivity index (χ3n) is 3.56. The normalized spacial score (nSPS) is 16.0. The van der Waals surface area contributed by atoms with Gasteiger partial charge in [-0.25, -0.2) is 0 Å². The third kappa shape index (κ3) is 3.56. The first-order chi connectivity index (χ1) is 10.2. The molecule has 21 heavy (non-hydrogen) atoms. The molecule has 1 N–H and O–H groups in total. The van der Waals surface area contributed by atoms with Crippen molar-refractivity contribution in [2.45, 2.75) is 13.5 Å². The summed E-state index contributed by atoms with van der Waals surface area (Å²) in [4.78, 5) is 18.1. The maximum atomic E-state index is 11.1. The molecule has 110 valence electrons. The first kappa shape index (κ1) is 14.0. The van der Waals surface area contributed by atoms with E-state index >= 15 is 0 Å². The number of hydrogen-bond donors (Lipinski definition) is 1. The molecule has 0 bridgehead atoms. The highest BCUT2D eigenvalue weighted by Gasteiger charge is 2.11. The Labute approximate surface area is 123 Å². The molecular weight excluding hydrogens is 266 g/mol. The van der Waals surface area contributed by atoms with Crippen molar-refractivity contribution in [1.29, 1.82) is 0 Å². The highest BCUT2D eigenvalue weighted by molar-refractivity contribution is 5.92. The second kappa shape index (κ2) is 6.20. The van der Waals surface area contributed by atoms with Crippen molar-refractivity contribution in [3.63, 3.8) is 0 Å². The van der Waals surface area contributed by atoms with Crippen molar-refractivity contribution >= 4 is 22.5 Å². The van der Waals surface area contributed by atoms with Crippen LogP contribution in [0.2, 0.25) is 0 Å². The van der Waals surface area contributed by atoms with Crippen LogP contribution in [0, 0.1) is 0 Å². The van der Waals surface area contributed by atoms with E-state index in [0.29, 0.717) is 0 Å². The second-order valence-corrected chi connectivity index (χ2v) is 5.28. The lowest BCUT2D eigenvalue weighted by Crippen LogP contribution is -2.35. The molecule has 1 aliphatic heterocycles. The summed E-state index contributed by atoms with van der Waals surface area (Å²) in [5, 5.41) is 3.82. The molecule has 1 amide bonds. The van der Waals surface area contributed by atoms with Gasteiger partial charge in [0.15, 0.2) is 0 Å². The lowest BCUT2D eigenvalue weighted by atomic mass is 10.1. The van der Waals surface area contributed by atoms with Gasteiger partial charge in [0.25, 0.3) is 0 Å². The van der Waals surface area contributed by atoms with Gasteiger partial charge in [-0.05, 0) is 24.3 Å². The minimum atomic E-state index is -0.0637. The van der Waals surface area contributed by atoms with Gasteiger partial charge in [0.05, 0.1) is 24.4 Å². The molecular formula is C16H19N3O2. The molecule has 5 nitrogen and oxygen atoms in total. The van der Waals surface area contributed by atoms with E-state index in [-0.39, 0.29) is 5.91 Å². The summed E-state index contributed by atoms with van der Waals surface area (Å²) < 4.78 is 5.36. The fourth-order valence-electron chi connectivity index (χ4n) is 2.53. The fraction of sp³-hybridized carbons (Fsp3) is 0.375. The molecule has 0 aliphatic carbocycles. The summed E-state index contributed by atoms with van der Waals surface area (Å²) >= 11 is 0. The Morgan fingerprint density at radius 3 is 2.86 bits per heavy atom. The van der Waals surface area contributed by atoms with Crippen LogP contribution in [0.15, 0.2) is 30.3 Å². The standard InChI is InChI=1S/C16H19N3O2/c1-12(20)17-14-4-5-16-13(10-14)2-3-15(18-16)11-19-6-8-21-9-7-19/h2-5,10H,6-9,11H2,1H3,(H,17,20). The highest BCUT2D eigenvalue weighted by atomic mass is 16.5. The number of pyridine rings is 1. The molecule has 5 heteroatoms. The van der Waals surface area contributed by atoms with E-state index < -0.39 is 0 Å². The molecule has 1 aromatic heterocycles. The van der Waals surface area contributed by atoms with Crippen LogP contribution in [0.25, 0.3) is 10.9 Å². The van der Waals surface area contributed by atoms with E-state index in [9.17, 15) is 4.79 Å². The summed E-state index contributed by atoms with van der Waals surface area (Å²) in [6.45, 7) is 5.88. The summed E-state index contributed by atoms with van der Waals surface area (Å²) in [6, 6.07) is 9.89. The molecule has 0 saturated carbocycles. The number of benzene rings is 1. The van der Waals surface area contributed by atoms with Crippen LogP contribution >= 0.6 is 0 Å². The Hall–Kier alpha value is -1.98. The molecule has 2 heterocycles. The highest BCUT2D eigenvalue weighted by Crippen LogP contribution is 2.19. The summed E-state index contributed by atoms with van der Waals surface area (Å²) in [6.07, 6.45) is 0. The first-order valence-corrected chi connectivity index (χ1v) is 7.18. The monoisotopic (exact) mass is 285 g/mol. The van der Waals surface area contributed by atoms with Crippen LogP contribution in [0.5, 0.6) is 0 Å². The zero-order valence-electron chi connectivity index (χ0n) is 12.1. The van der Waals surface area contributed by atoms with E-state index in [1.165, 1.54) is 6.92 Å². The van der Waals surface area contributed by atoms with Crippen LogP contribution in [-0.4, -0.2) is 42.1 Å². The van der Waals surface area contributed by atoms with Gasteiger partial charge in [-0.2, -0.15) is 0 Å². The van der Waals surface area contributed by atoms with Gasteiger partial charge in [-0.15, -0.1) is 0 Å². The molecule has 1 saturated heterocycles. The molecule has 0 spiro atoms. The van der Waals surface area contributed by atoms with Gasteiger partial charge in [-0.3, -0.25) is 14.7 Å². The molecule has 0 unspecified atom stereocenters. The van der Waals surface area contributed by atoms with E-state index in [1.54, 1.807) is 0 Å². The van der Waals surface area contributed by atoms with Gasteiger partial charge in [0, 0.05) is 37.6 Å². The quantitative estimate of drug-likeness (QED) is 0.937. The summed E-state index contributed by atoms with van der Waals surface area (Å²) in [5.41, 5.74) is 2.82. The van der Waals surface area contributed by atoms with E-state index in [0.717, 1.165) is 55.1 Å². The molecule has 0 radical (unpaired) electrons. The van der Waals surface area contributed by atoms with Crippen LogP contribution in [0.1, 0.15) is 12.6 Å². The van der Waals surface area contributed by atoms with E-state index in [4.69, 9.17) is 9.72 Å². The SMILES string of the molecule is CC(=O)Nc1ccc2nc(CN3CCOCC3)ccc2c1. The van der Waals surface area contributed by atoms with Crippen molar-refractivity contribution in [3.8, 4) is 0 Å². The Morgan fingerprint density at radius 1 is 1.29 bits per heavy atom. The Balaban J connectivity index is 1.78. The van der Waals surface area contributed by atoms with Crippen molar-refractivity contribution in [1.82, 2.24) is 9.88 Å². The lowest BCUT2D eigenvalue weighted by Gasteiger charge is -2.26. The number of amides is 1. The molecule has 1 aromatic carbocycles. The van der Waals surface area contributed by atoms with Crippen molar-refractivity contribution in [3.05, 3.63) is 36.0 Å². The van der Waals surface area contributed by atoms with Crippen molar-refractivity contribution in [2.75, 3.05) is 31.6 Å². The van der Waals surface area contributed by atoms with Crippen LogP contribution in [-0.2, 0) is 16.1 Å². The van der Waals surface area contributed by atoms with Gasteiger partial charge in [-0.1, -0.05) is 6.07 Å². The average molecular weight is 285 g/mol. The Bertz CT molecular complexity index is 651. The number of aromatic nitrogens is 1. The fourth-order valence-corrected chi connectivity index (χ4v) is 2.53. The predicted octanol–water partition coefficient (Wildman–Crippen LogP) is 2.03. The number of carbonyl (C=O) groups is 1. The maximum absolute atomic E-state index is 11.1. The first-order valence-electron chi connectivity index (χ1n) is 7.18. The zero-order valence-corrected chi connectivity index (χ0v) is 12.1. The minimum absolute atomic E-state index is 0.0637. The minimum Gasteiger partial charge on any atom is -0.379 e. The van der Waals surface area contributed by atoms with Gasteiger partial charge >= 0.3 is 0 Å². The van der Waals surface area contributed by atoms with Gasteiger partial charge in [0.2, 0.25) is 5.91 Å². The van der Waals surface area contributed by atoms with Crippen LogP contribution in [0.3, 0.4) is 0 Å². The molecule has 1 aliphatic rings. The van der Waals surface area contributed by atoms with Crippen molar-refractivity contribution < 1.29 is 9.53 Å². The largest absolute Gasteiger partial charge is 0.379 e. The topological polar surface area (TPSA) is 54.5 Å². The van der Waals surface area contributed by atoms with Crippen LogP contribution < -0.4 is 5.32 Å². The molecule has 2 aromatic rings. The smallest absolute Gasteiger partial charge is 0.221 e. The lowest BCUT2D eigenvalue weighted by molar-refractivity contribution is -0.114. The summed E-state index contributed by atoms with van der Waals surface area (Å²) in [5.74, 6) is -0.0637. The number of fused-ring (bicyclic) bond motifs is 1. The number of carbonyl (C=O) groups excluding carboxylic acids is 1. The predicted molar refractivity (Wildman–Crippen MR) is 82.1 cm³/mol.